The second kappa shape index (κ2) is 5.28. The van der Waals surface area contributed by atoms with Crippen molar-refractivity contribution in [3.05, 3.63) is 0 Å². The molecular formula is C6H12N2O4S. The van der Waals surface area contributed by atoms with Crippen LogP contribution in [0.4, 0.5) is 0 Å². The molecular weight excluding hydrogens is 196 g/mol. The number of rotatable bonds is 4. The largest absolute Gasteiger partial charge is 0.377 e. The van der Waals surface area contributed by atoms with Crippen molar-refractivity contribution in [1.29, 1.82) is 0 Å². The van der Waals surface area contributed by atoms with Crippen molar-refractivity contribution in [2.24, 2.45) is 0 Å². The molecule has 0 aromatic heterocycles. The zero-order valence-electron chi connectivity index (χ0n) is 7.01. The number of nitrogens with zero attached hydrogens (tertiary/aromatic N) is 1. The molecule has 0 aliphatic carbocycles. The number of carbonyl (C=O) groups is 1. The first-order valence-electron chi connectivity index (χ1n) is 3.87. The molecule has 0 bridgehead atoms. The Hall–Kier alpha value is -0.500. The van der Waals surface area contributed by atoms with Crippen LogP contribution in [0.5, 0.6) is 0 Å². The van der Waals surface area contributed by atoms with Crippen molar-refractivity contribution in [3.8, 4) is 0 Å². The van der Waals surface area contributed by atoms with Gasteiger partial charge in [-0.2, -0.15) is 0 Å². The highest BCUT2D eigenvalue weighted by molar-refractivity contribution is 7.77. The highest BCUT2D eigenvalue weighted by Crippen LogP contribution is 2.02. The summed E-state index contributed by atoms with van der Waals surface area (Å²) in [7, 11) is 0. The Morgan fingerprint density at radius 1 is 1.77 bits per heavy atom. The summed E-state index contributed by atoms with van der Waals surface area (Å²) >= 11 is -2.03. The van der Waals surface area contributed by atoms with Gasteiger partial charge in [0, 0.05) is 13.1 Å². The lowest BCUT2D eigenvalue weighted by molar-refractivity contribution is -0.125. The maximum atomic E-state index is 10.5. The molecule has 1 rings (SSSR count). The predicted octanol–water partition coefficient (Wildman–Crippen LogP) is -1.43. The fourth-order valence-corrected chi connectivity index (χ4v) is 1.49. The quantitative estimate of drug-likeness (QED) is 0.438. The Morgan fingerprint density at radius 3 is 3.15 bits per heavy atom. The van der Waals surface area contributed by atoms with Gasteiger partial charge in [0.05, 0.1) is 19.3 Å². The normalized spacial score (nSPS) is 25.6. The zero-order chi connectivity index (χ0) is 9.68. The average Bonchev–Trinajstić information content (AvgIpc) is 2.15. The van der Waals surface area contributed by atoms with Gasteiger partial charge in [-0.3, -0.25) is 9.35 Å². The topological polar surface area (TPSA) is 78.9 Å². The number of carbonyl (C=O) groups excluding carboxylic acids is 1. The van der Waals surface area contributed by atoms with E-state index in [1.807, 2.05) is 0 Å². The van der Waals surface area contributed by atoms with Gasteiger partial charge in [-0.1, -0.05) is 0 Å². The summed E-state index contributed by atoms with van der Waals surface area (Å²) < 4.78 is 26.2. The van der Waals surface area contributed by atoms with E-state index in [9.17, 15) is 9.00 Å². The maximum Gasteiger partial charge on any atom is 0.231 e. The third kappa shape index (κ3) is 3.39. The lowest BCUT2D eigenvalue weighted by Crippen LogP contribution is -2.49. The van der Waals surface area contributed by atoms with Crippen molar-refractivity contribution in [2.75, 3.05) is 26.3 Å². The molecule has 1 saturated heterocycles. The summed E-state index contributed by atoms with van der Waals surface area (Å²) in [5.41, 5.74) is 0. The second-order valence-corrected chi connectivity index (χ2v) is 3.46. The molecule has 13 heavy (non-hydrogen) atoms. The van der Waals surface area contributed by atoms with Crippen LogP contribution in [0.15, 0.2) is 0 Å². The first kappa shape index (κ1) is 10.6. The number of nitrogens with one attached hydrogen (secondary N) is 1. The van der Waals surface area contributed by atoms with Crippen LogP contribution in [0.3, 0.4) is 0 Å². The first-order chi connectivity index (χ1) is 6.24. The van der Waals surface area contributed by atoms with Gasteiger partial charge in [0.2, 0.25) is 17.7 Å². The molecule has 0 radical (unpaired) electrons. The van der Waals surface area contributed by atoms with E-state index in [4.69, 9.17) is 9.29 Å². The summed E-state index contributed by atoms with van der Waals surface area (Å²) in [6.45, 7) is 1.73. The molecule has 1 fully saturated rings. The third-order valence-electron chi connectivity index (χ3n) is 1.85. The Bertz CT molecular complexity index is 201. The molecule has 0 spiro atoms. The molecule has 2 atom stereocenters. The van der Waals surface area contributed by atoms with E-state index in [0.717, 1.165) is 6.41 Å². The Morgan fingerprint density at radius 2 is 2.54 bits per heavy atom. The SMILES string of the molecule is O=CN1CCOCC1CNS(=O)O. The summed E-state index contributed by atoms with van der Waals surface area (Å²) in [6.07, 6.45) is 0.731. The molecule has 7 heteroatoms. The molecule has 1 aliphatic rings. The maximum absolute atomic E-state index is 10.5. The summed E-state index contributed by atoms with van der Waals surface area (Å²) in [5, 5.41) is 0. The third-order valence-corrected chi connectivity index (χ3v) is 2.26. The van der Waals surface area contributed by atoms with Gasteiger partial charge in [-0.25, -0.2) is 8.93 Å². The van der Waals surface area contributed by atoms with E-state index < -0.39 is 11.3 Å². The number of morpholine rings is 1. The van der Waals surface area contributed by atoms with Crippen LogP contribution in [0.2, 0.25) is 0 Å². The van der Waals surface area contributed by atoms with Gasteiger partial charge in [0.15, 0.2) is 0 Å². The van der Waals surface area contributed by atoms with Gasteiger partial charge in [-0.15, -0.1) is 0 Å². The monoisotopic (exact) mass is 208 g/mol. The van der Waals surface area contributed by atoms with Crippen molar-refractivity contribution >= 4 is 17.7 Å². The molecule has 6 nitrogen and oxygen atoms in total. The molecule has 1 aliphatic heterocycles. The van der Waals surface area contributed by atoms with Crippen LogP contribution in [-0.2, 0) is 20.8 Å². The lowest BCUT2D eigenvalue weighted by atomic mass is 10.2. The van der Waals surface area contributed by atoms with Gasteiger partial charge >= 0.3 is 0 Å². The minimum absolute atomic E-state index is 0.151. The highest BCUT2D eigenvalue weighted by Gasteiger charge is 2.21. The predicted molar refractivity (Wildman–Crippen MR) is 46.2 cm³/mol. The van der Waals surface area contributed by atoms with Crippen LogP contribution in [0.25, 0.3) is 0 Å². The second-order valence-electron chi connectivity index (χ2n) is 2.67. The lowest BCUT2D eigenvalue weighted by Gasteiger charge is -2.32. The number of ether oxygens (including phenoxy) is 1. The van der Waals surface area contributed by atoms with Crippen molar-refractivity contribution in [3.63, 3.8) is 0 Å². The van der Waals surface area contributed by atoms with Gasteiger partial charge in [0.1, 0.15) is 0 Å². The summed E-state index contributed by atoms with van der Waals surface area (Å²) in [5.74, 6) is 0. The van der Waals surface area contributed by atoms with Crippen LogP contribution in [0.1, 0.15) is 0 Å². The molecule has 1 amide bonds. The molecule has 76 valence electrons. The molecule has 2 N–H and O–H groups in total. The molecule has 0 aromatic rings. The van der Waals surface area contributed by atoms with Gasteiger partial charge in [0.25, 0.3) is 0 Å². The van der Waals surface area contributed by atoms with Crippen LogP contribution < -0.4 is 4.72 Å². The zero-order valence-corrected chi connectivity index (χ0v) is 7.83. The standard InChI is InChI=1S/C6H12N2O4S/c9-5-8-1-2-12-4-6(8)3-7-13(10)11/h5-7H,1-4H2,(H,10,11). The van der Waals surface area contributed by atoms with E-state index in [2.05, 4.69) is 4.72 Å². The van der Waals surface area contributed by atoms with E-state index in [1.165, 1.54) is 0 Å². The van der Waals surface area contributed by atoms with E-state index in [0.29, 0.717) is 19.8 Å². The highest BCUT2D eigenvalue weighted by atomic mass is 32.2. The average molecular weight is 208 g/mol. The van der Waals surface area contributed by atoms with Crippen molar-refractivity contribution in [2.45, 2.75) is 6.04 Å². The first-order valence-corrected chi connectivity index (χ1v) is 4.98. The minimum Gasteiger partial charge on any atom is -0.377 e. The summed E-state index contributed by atoms with van der Waals surface area (Å²) in [4.78, 5) is 12.1. The number of hydrogen-bond acceptors (Lipinski definition) is 3. The minimum atomic E-state index is -2.03. The van der Waals surface area contributed by atoms with E-state index >= 15 is 0 Å². The van der Waals surface area contributed by atoms with Crippen LogP contribution >= 0.6 is 0 Å². The van der Waals surface area contributed by atoms with E-state index in [1.54, 1.807) is 4.90 Å². The van der Waals surface area contributed by atoms with Gasteiger partial charge in [-0.05, 0) is 0 Å². The smallest absolute Gasteiger partial charge is 0.231 e. The van der Waals surface area contributed by atoms with Gasteiger partial charge < -0.3 is 9.64 Å². The van der Waals surface area contributed by atoms with Crippen molar-refractivity contribution < 1.29 is 18.3 Å². The van der Waals surface area contributed by atoms with Crippen LogP contribution in [-0.4, -0.2) is 52.4 Å². The Balaban J connectivity index is 2.35. The fraction of sp³-hybridized carbons (Fsp3) is 0.833. The van der Waals surface area contributed by atoms with Crippen LogP contribution in [0, 0.1) is 0 Å². The summed E-state index contributed by atoms with van der Waals surface area (Å²) in [6, 6.07) is -0.151. The Kier molecular flexibility index (Phi) is 4.29. The molecule has 0 saturated carbocycles. The molecule has 1 heterocycles. The fourth-order valence-electron chi connectivity index (χ4n) is 1.15. The number of amides is 1. The molecule has 0 aromatic carbocycles. The number of hydrogen-bond donors (Lipinski definition) is 2. The van der Waals surface area contributed by atoms with Crippen molar-refractivity contribution in [1.82, 2.24) is 9.62 Å². The van der Waals surface area contributed by atoms with E-state index in [-0.39, 0.29) is 12.6 Å². The Labute approximate surface area is 78.7 Å². The molecule has 2 unspecified atom stereocenters.